The number of pyridine rings is 1. The summed E-state index contributed by atoms with van der Waals surface area (Å²) in [5.41, 5.74) is 2.89. The van der Waals surface area contributed by atoms with Crippen molar-refractivity contribution in [2.24, 2.45) is 0 Å². The smallest absolute Gasteiger partial charge is 0.410 e. The van der Waals surface area contributed by atoms with Gasteiger partial charge >= 0.3 is 6.09 Å². The maximum absolute atomic E-state index is 13.3. The van der Waals surface area contributed by atoms with E-state index in [9.17, 15) is 14.9 Å². The van der Waals surface area contributed by atoms with E-state index in [1.165, 1.54) is 24.6 Å². The monoisotopic (exact) mass is 491 g/mol. The van der Waals surface area contributed by atoms with Crippen LogP contribution in [0.25, 0.3) is 11.1 Å². The molecule has 0 radical (unpaired) electrons. The normalized spacial score (nSPS) is 12.6. The highest BCUT2D eigenvalue weighted by Gasteiger charge is 2.31. The molecule has 0 saturated heterocycles. The van der Waals surface area contributed by atoms with Crippen molar-refractivity contribution in [2.75, 3.05) is 12.4 Å². The fraction of sp³-hybridized carbons (Fsp3) is 0.320. The van der Waals surface area contributed by atoms with Crippen molar-refractivity contribution in [3.63, 3.8) is 0 Å². The van der Waals surface area contributed by atoms with Crippen molar-refractivity contribution >= 4 is 28.5 Å². The molecule has 1 aliphatic rings. The third-order valence-corrected chi connectivity index (χ3v) is 6.23. The largest absolute Gasteiger partial charge is 0.496 e. The second kappa shape index (κ2) is 9.35. The van der Waals surface area contributed by atoms with Crippen LogP contribution in [0.15, 0.2) is 30.5 Å². The Kier molecular flexibility index (Phi) is 6.45. The highest BCUT2D eigenvalue weighted by atomic mass is 32.1. The summed E-state index contributed by atoms with van der Waals surface area (Å²) in [5.74, 6) is 0.160. The molecule has 9 nitrogen and oxygen atoms in total. The highest BCUT2D eigenvalue weighted by molar-refractivity contribution is 7.16. The van der Waals surface area contributed by atoms with Crippen molar-refractivity contribution in [3.05, 3.63) is 57.9 Å². The van der Waals surface area contributed by atoms with Crippen molar-refractivity contribution in [2.45, 2.75) is 46.4 Å². The van der Waals surface area contributed by atoms with Crippen molar-refractivity contribution < 1.29 is 19.1 Å². The molecular formula is C25H25N5O4S. The molecule has 0 aliphatic carbocycles. The zero-order valence-corrected chi connectivity index (χ0v) is 20.9. The summed E-state index contributed by atoms with van der Waals surface area (Å²) < 4.78 is 10.9. The van der Waals surface area contributed by atoms with E-state index in [0.717, 1.165) is 16.3 Å². The van der Waals surface area contributed by atoms with Crippen LogP contribution in [0.2, 0.25) is 0 Å². The number of aromatic nitrogens is 2. The Morgan fingerprint density at radius 3 is 2.63 bits per heavy atom. The number of nitriles is 1. The number of aryl methyl sites for hydroxylation is 1. The lowest BCUT2D eigenvalue weighted by Gasteiger charge is -2.24. The first kappa shape index (κ1) is 24.2. The topological polar surface area (TPSA) is 117 Å². The van der Waals surface area contributed by atoms with Crippen molar-refractivity contribution in [1.82, 2.24) is 14.9 Å². The molecular weight excluding hydrogens is 466 g/mol. The quantitative estimate of drug-likeness (QED) is 0.552. The number of carbonyl (C=O) groups is 2. The van der Waals surface area contributed by atoms with Crippen LogP contribution in [0.3, 0.4) is 0 Å². The predicted octanol–water partition coefficient (Wildman–Crippen LogP) is 4.90. The van der Waals surface area contributed by atoms with Crippen LogP contribution in [-0.2, 0) is 17.8 Å². The van der Waals surface area contributed by atoms with Gasteiger partial charge in [0.05, 0.1) is 48.0 Å². The average molecular weight is 492 g/mol. The van der Waals surface area contributed by atoms with E-state index in [0.29, 0.717) is 46.2 Å². The molecule has 0 bridgehead atoms. The summed E-state index contributed by atoms with van der Waals surface area (Å²) in [4.78, 5) is 36.9. The molecule has 1 N–H and O–H groups in total. The molecule has 0 unspecified atom stereocenters. The van der Waals surface area contributed by atoms with Gasteiger partial charge in [0.1, 0.15) is 11.4 Å². The van der Waals surface area contributed by atoms with E-state index in [2.05, 4.69) is 21.4 Å². The number of nitrogens with one attached hydrogen (secondary N) is 1. The molecule has 0 fully saturated rings. The lowest BCUT2D eigenvalue weighted by molar-refractivity contribution is 0.0241. The van der Waals surface area contributed by atoms with E-state index in [1.807, 2.05) is 27.7 Å². The number of thiazole rings is 1. The second-order valence-electron chi connectivity index (χ2n) is 9.08. The number of rotatable bonds is 4. The molecule has 0 spiro atoms. The van der Waals surface area contributed by atoms with E-state index < -0.39 is 11.7 Å². The van der Waals surface area contributed by atoms with Crippen molar-refractivity contribution in [1.29, 1.82) is 5.26 Å². The number of amides is 2. The molecule has 3 heterocycles. The molecule has 3 aromatic rings. The molecule has 180 valence electrons. The van der Waals surface area contributed by atoms with E-state index in [-0.39, 0.29) is 5.91 Å². The summed E-state index contributed by atoms with van der Waals surface area (Å²) in [6, 6.07) is 8.96. The summed E-state index contributed by atoms with van der Waals surface area (Å²) in [7, 11) is 1.54. The average Bonchev–Trinajstić information content (AvgIpc) is 3.36. The van der Waals surface area contributed by atoms with Gasteiger partial charge in [0.15, 0.2) is 5.13 Å². The minimum absolute atomic E-state index is 0.326. The number of nitrogens with zero attached hydrogens (tertiary/aromatic N) is 4. The molecule has 1 aromatic carbocycles. The fourth-order valence-corrected chi connectivity index (χ4v) is 4.65. The summed E-state index contributed by atoms with van der Waals surface area (Å²) in [6.45, 7) is 8.00. The number of hydrogen-bond acceptors (Lipinski definition) is 8. The molecule has 35 heavy (non-hydrogen) atoms. The summed E-state index contributed by atoms with van der Waals surface area (Å²) in [6.07, 6.45) is 1.11. The van der Waals surface area contributed by atoms with E-state index in [1.54, 1.807) is 29.2 Å². The molecule has 2 aromatic heterocycles. The van der Waals surface area contributed by atoms with Gasteiger partial charge in [0, 0.05) is 23.0 Å². The first-order valence-electron chi connectivity index (χ1n) is 10.9. The Balaban J connectivity index is 1.56. The number of benzene rings is 1. The minimum Gasteiger partial charge on any atom is -0.496 e. The number of fused-ring (bicyclic) bond motifs is 1. The van der Waals surface area contributed by atoms with Gasteiger partial charge in [-0.25, -0.2) is 9.78 Å². The highest BCUT2D eigenvalue weighted by Crippen LogP contribution is 2.35. The first-order chi connectivity index (χ1) is 16.6. The number of anilines is 1. The van der Waals surface area contributed by atoms with Gasteiger partial charge < -0.3 is 9.47 Å². The number of carbonyl (C=O) groups excluding carboxylic acids is 2. The van der Waals surface area contributed by atoms with Crippen LogP contribution < -0.4 is 10.1 Å². The maximum Gasteiger partial charge on any atom is 0.410 e. The molecule has 10 heteroatoms. The standard InChI is InChI=1S/C25H25N5O4S/c1-14-8-16(17-9-15(10-26)6-7-20(17)33-5)18(11-27-14)22(31)29-23-28-19-12-30(13-21(19)35-23)24(32)34-25(2,3)4/h6-9,11H,12-13H2,1-5H3,(H,28,29,31). The molecule has 4 rings (SSSR count). The lowest BCUT2D eigenvalue weighted by atomic mass is 9.97. The van der Waals surface area contributed by atoms with Gasteiger partial charge in [-0.3, -0.25) is 20.0 Å². The predicted molar refractivity (Wildman–Crippen MR) is 131 cm³/mol. The molecule has 1 aliphatic heterocycles. The van der Waals surface area contributed by atoms with Gasteiger partial charge in [0.25, 0.3) is 5.91 Å². The number of hydrogen-bond donors (Lipinski definition) is 1. The van der Waals surface area contributed by atoms with Crippen molar-refractivity contribution in [3.8, 4) is 22.9 Å². The third kappa shape index (κ3) is 5.25. The summed E-state index contributed by atoms with van der Waals surface area (Å²) in [5, 5.41) is 12.6. The summed E-state index contributed by atoms with van der Waals surface area (Å²) >= 11 is 1.32. The molecule has 2 amide bonds. The van der Waals surface area contributed by atoms with E-state index in [4.69, 9.17) is 9.47 Å². The van der Waals surface area contributed by atoms with Gasteiger partial charge in [-0.05, 0) is 52.0 Å². The molecule has 0 saturated carbocycles. The Labute approximate surface area is 207 Å². The zero-order valence-electron chi connectivity index (χ0n) is 20.1. The Morgan fingerprint density at radius 2 is 1.97 bits per heavy atom. The SMILES string of the molecule is COc1ccc(C#N)cc1-c1cc(C)ncc1C(=O)Nc1nc2c(s1)CN(C(=O)OC(C)(C)C)C2. The van der Waals surface area contributed by atoms with E-state index >= 15 is 0 Å². The molecule has 0 atom stereocenters. The fourth-order valence-electron chi connectivity index (χ4n) is 3.67. The Bertz CT molecular complexity index is 1330. The van der Waals surface area contributed by atoms with Gasteiger partial charge in [-0.2, -0.15) is 5.26 Å². The maximum atomic E-state index is 13.3. The lowest BCUT2D eigenvalue weighted by Crippen LogP contribution is -2.33. The van der Waals surface area contributed by atoms with Crippen LogP contribution in [0.5, 0.6) is 5.75 Å². The van der Waals surface area contributed by atoms with Crippen LogP contribution >= 0.6 is 11.3 Å². The third-order valence-electron chi connectivity index (χ3n) is 5.23. The Hall–Kier alpha value is -3.97. The van der Waals surface area contributed by atoms with Crippen LogP contribution in [-0.4, -0.2) is 39.6 Å². The van der Waals surface area contributed by atoms with Gasteiger partial charge in [-0.1, -0.05) is 11.3 Å². The Morgan fingerprint density at radius 1 is 1.20 bits per heavy atom. The van der Waals surface area contributed by atoms with Crippen LogP contribution in [0, 0.1) is 18.3 Å². The second-order valence-corrected chi connectivity index (χ2v) is 10.2. The first-order valence-corrected chi connectivity index (χ1v) is 11.7. The minimum atomic E-state index is -0.575. The zero-order chi connectivity index (χ0) is 25.3. The van der Waals surface area contributed by atoms with Gasteiger partial charge in [-0.15, -0.1) is 0 Å². The number of methoxy groups -OCH3 is 1. The van der Waals surface area contributed by atoms with Gasteiger partial charge in [0.2, 0.25) is 0 Å². The number of ether oxygens (including phenoxy) is 2. The van der Waals surface area contributed by atoms with Crippen LogP contribution in [0.4, 0.5) is 9.93 Å². The van der Waals surface area contributed by atoms with Crippen LogP contribution in [0.1, 0.15) is 53.0 Å².